The highest BCUT2D eigenvalue weighted by Crippen LogP contribution is 2.15. The van der Waals surface area contributed by atoms with Crippen molar-refractivity contribution < 1.29 is 19.4 Å². The monoisotopic (exact) mass is 398 g/mol. The smallest absolute Gasteiger partial charge is 0.341 e. The van der Waals surface area contributed by atoms with Crippen LogP contribution >= 0.6 is 0 Å². The van der Waals surface area contributed by atoms with E-state index in [9.17, 15) is 19.5 Å². The number of ether oxygens (including phenoxy) is 2. The molecule has 0 aliphatic heterocycles. The molecule has 0 saturated carbocycles. The lowest BCUT2D eigenvalue weighted by Gasteiger charge is -2.14. The Morgan fingerprint density at radius 1 is 1.14 bits per heavy atom. The predicted octanol–water partition coefficient (Wildman–Crippen LogP) is 2.16. The van der Waals surface area contributed by atoms with Gasteiger partial charge in [-0.25, -0.2) is 4.79 Å². The van der Waals surface area contributed by atoms with E-state index < -0.39 is 22.5 Å². The zero-order valence-corrected chi connectivity index (χ0v) is 16.2. The first-order chi connectivity index (χ1) is 13.9. The Bertz CT molecular complexity index is 1130. The summed E-state index contributed by atoms with van der Waals surface area (Å²) < 4.78 is 13.9. The molecule has 0 amide bonds. The number of nitrogens with zero attached hydrogens (tertiary/aromatic N) is 2. The third-order valence-electron chi connectivity index (χ3n) is 4.30. The number of aromatic nitrogens is 2. The van der Waals surface area contributed by atoms with E-state index in [-0.39, 0.29) is 24.0 Å². The Labute approximate surface area is 166 Å². The molecule has 0 aliphatic rings. The molecule has 0 radical (unpaired) electrons. The van der Waals surface area contributed by atoms with E-state index in [2.05, 4.69) is 0 Å². The first-order valence-corrected chi connectivity index (χ1v) is 9.18. The van der Waals surface area contributed by atoms with Gasteiger partial charge in [0.15, 0.2) is 11.3 Å². The largest absolute Gasteiger partial charge is 0.483 e. The van der Waals surface area contributed by atoms with Gasteiger partial charge in [0.2, 0.25) is 5.43 Å². The van der Waals surface area contributed by atoms with Gasteiger partial charge in [-0.3, -0.25) is 9.59 Å². The zero-order valence-electron chi connectivity index (χ0n) is 16.2. The standard InChI is InChI=1S/C21H22N2O6/c1-14(2)28-11-10-22-8-9-23-12-16(21(26)27)18(24)19(17(23)20(22)25)29-13-15-6-4-3-5-7-15/h3-9,12,14H,10-11,13H2,1-2H3,(H,26,27). The second-order valence-corrected chi connectivity index (χ2v) is 6.75. The number of hydrogen-bond donors (Lipinski definition) is 1. The summed E-state index contributed by atoms with van der Waals surface area (Å²) in [5.41, 5.74) is -0.986. The van der Waals surface area contributed by atoms with Crippen LogP contribution in [-0.2, 0) is 17.9 Å². The first-order valence-electron chi connectivity index (χ1n) is 9.18. The van der Waals surface area contributed by atoms with Crippen LogP contribution in [0, 0.1) is 0 Å². The highest BCUT2D eigenvalue weighted by Gasteiger charge is 2.20. The maximum Gasteiger partial charge on any atom is 0.341 e. The normalized spacial score (nSPS) is 11.1. The zero-order chi connectivity index (χ0) is 21.0. The summed E-state index contributed by atoms with van der Waals surface area (Å²) in [7, 11) is 0. The van der Waals surface area contributed by atoms with Crippen molar-refractivity contribution in [2.24, 2.45) is 0 Å². The fourth-order valence-corrected chi connectivity index (χ4v) is 2.87. The van der Waals surface area contributed by atoms with Crippen LogP contribution in [0.4, 0.5) is 0 Å². The average molecular weight is 398 g/mol. The van der Waals surface area contributed by atoms with E-state index in [1.165, 1.54) is 21.4 Å². The van der Waals surface area contributed by atoms with Crippen LogP contribution in [0.1, 0.15) is 29.8 Å². The van der Waals surface area contributed by atoms with Crippen LogP contribution in [0.15, 0.2) is 58.5 Å². The molecule has 0 fully saturated rings. The van der Waals surface area contributed by atoms with Gasteiger partial charge in [0.05, 0.1) is 12.7 Å². The summed E-state index contributed by atoms with van der Waals surface area (Å²) in [5, 5.41) is 9.36. The van der Waals surface area contributed by atoms with Crippen LogP contribution in [0.5, 0.6) is 5.75 Å². The molecule has 0 unspecified atom stereocenters. The SMILES string of the molecule is CC(C)OCCn1ccn2cc(C(=O)O)c(=O)c(OCc3ccccc3)c2c1=O. The van der Waals surface area contributed by atoms with E-state index >= 15 is 0 Å². The fourth-order valence-electron chi connectivity index (χ4n) is 2.87. The summed E-state index contributed by atoms with van der Waals surface area (Å²) >= 11 is 0. The van der Waals surface area contributed by atoms with Crippen molar-refractivity contribution in [3.8, 4) is 5.75 Å². The van der Waals surface area contributed by atoms with Crippen LogP contribution in [0.3, 0.4) is 0 Å². The Kier molecular flexibility index (Phi) is 6.13. The second kappa shape index (κ2) is 8.74. The Balaban J connectivity index is 2.08. The molecule has 0 spiro atoms. The number of hydrogen-bond acceptors (Lipinski definition) is 5. The van der Waals surface area contributed by atoms with Gasteiger partial charge in [0, 0.05) is 25.1 Å². The second-order valence-electron chi connectivity index (χ2n) is 6.75. The molecule has 8 heteroatoms. The number of aromatic carboxylic acids is 1. The van der Waals surface area contributed by atoms with E-state index in [4.69, 9.17) is 9.47 Å². The average Bonchev–Trinajstić information content (AvgIpc) is 2.69. The van der Waals surface area contributed by atoms with Crippen LogP contribution in [0.25, 0.3) is 5.52 Å². The minimum Gasteiger partial charge on any atom is -0.483 e. The first kappa shape index (κ1) is 20.3. The van der Waals surface area contributed by atoms with Crippen LogP contribution in [-0.4, -0.2) is 32.8 Å². The maximum absolute atomic E-state index is 13.0. The topological polar surface area (TPSA) is 99.2 Å². The quantitative estimate of drug-likeness (QED) is 0.624. The number of benzene rings is 1. The predicted molar refractivity (Wildman–Crippen MR) is 107 cm³/mol. The van der Waals surface area contributed by atoms with Gasteiger partial charge in [0.25, 0.3) is 5.56 Å². The molecule has 0 bridgehead atoms. The van der Waals surface area contributed by atoms with Crippen molar-refractivity contribution in [1.29, 1.82) is 0 Å². The minimum absolute atomic E-state index is 0.0111. The lowest BCUT2D eigenvalue weighted by molar-refractivity contribution is 0.0694. The van der Waals surface area contributed by atoms with E-state index in [0.29, 0.717) is 13.2 Å². The molecule has 0 aliphatic carbocycles. The summed E-state index contributed by atoms with van der Waals surface area (Å²) in [6.07, 6.45) is 4.20. The molecular formula is C21H22N2O6. The van der Waals surface area contributed by atoms with Crippen molar-refractivity contribution in [1.82, 2.24) is 8.97 Å². The molecule has 1 N–H and O–H groups in total. The molecule has 3 rings (SSSR count). The molecule has 0 saturated heterocycles. The maximum atomic E-state index is 13.0. The molecule has 2 heterocycles. The summed E-state index contributed by atoms with van der Waals surface area (Å²) in [5.74, 6) is -1.67. The molecule has 1 aromatic carbocycles. The van der Waals surface area contributed by atoms with E-state index in [1.54, 1.807) is 0 Å². The number of rotatable bonds is 8. The van der Waals surface area contributed by atoms with Crippen LogP contribution in [0.2, 0.25) is 0 Å². The van der Waals surface area contributed by atoms with Crippen molar-refractivity contribution in [3.05, 3.63) is 80.6 Å². The van der Waals surface area contributed by atoms with Crippen molar-refractivity contribution >= 4 is 11.5 Å². The summed E-state index contributed by atoms with van der Waals surface area (Å²) in [6, 6.07) is 9.10. The highest BCUT2D eigenvalue weighted by atomic mass is 16.5. The van der Waals surface area contributed by atoms with Gasteiger partial charge in [-0.1, -0.05) is 30.3 Å². The molecular weight excluding hydrogens is 376 g/mol. The van der Waals surface area contributed by atoms with Crippen LogP contribution < -0.4 is 15.7 Å². The minimum atomic E-state index is -1.39. The van der Waals surface area contributed by atoms with Crippen molar-refractivity contribution in [3.63, 3.8) is 0 Å². The van der Waals surface area contributed by atoms with E-state index in [1.807, 2.05) is 44.2 Å². The number of carbonyl (C=O) groups is 1. The Hall–Kier alpha value is -3.39. The lowest BCUT2D eigenvalue weighted by Crippen LogP contribution is -2.28. The third-order valence-corrected chi connectivity index (χ3v) is 4.30. The molecule has 2 aromatic heterocycles. The summed E-state index contributed by atoms with van der Waals surface area (Å²) in [6.45, 7) is 4.43. The van der Waals surface area contributed by atoms with Crippen molar-refractivity contribution in [2.75, 3.05) is 6.61 Å². The van der Waals surface area contributed by atoms with Gasteiger partial charge in [-0.2, -0.15) is 0 Å². The Morgan fingerprint density at radius 3 is 2.52 bits per heavy atom. The number of carboxylic acid groups (broad SMARTS) is 1. The number of pyridine rings is 1. The third kappa shape index (κ3) is 4.55. The molecule has 8 nitrogen and oxygen atoms in total. The molecule has 0 atom stereocenters. The van der Waals surface area contributed by atoms with Gasteiger partial charge >= 0.3 is 5.97 Å². The van der Waals surface area contributed by atoms with E-state index in [0.717, 1.165) is 11.8 Å². The van der Waals surface area contributed by atoms with Gasteiger partial charge in [-0.05, 0) is 19.4 Å². The Morgan fingerprint density at radius 2 is 1.86 bits per heavy atom. The fraction of sp³-hybridized carbons (Fsp3) is 0.286. The van der Waals surface area contributed by atoms with Gasteiger partial charge in [0.1, 0.15) is 12.2 Å². The van der Waals surface area contributed by atoms with Gasteiger partial charge < -0.3 is 23.5 Å². The number of fused-ring (bicyclic) bond motifs is 1. The van der Waals surface area contributed by atoms with Crippen molar-refractivity contribution in [2.45, 2.75) is 33.1 Å². The molecule has 29 heavy (non-hydrogen) atoms. The lowest BCUT2D eigenvalue weighted by atomic mass is 10.2. The highest BCUT2D eigenvalue weighted by molar-refractivity contribution is 5.88. The van der Waals surface area contributed by atoms with Gasteiger partial charge in [-0.15, -0.1) is 0 Å². The number of carboxylic acids is 1. The summed E-state index contributed by atoms with van der Waals surface area (Å²) in [4.78, 5) is 37.2. The molecule has 3 aromatic rings. The molecule has 152 valence electrons.